The molecule has 0 saturated heterocycles. The van der Waals surface area contributed by atoms with E-state index in [0.717, 1.165) is 53.6 Å². The maximum atomic E-state index is 13.0. The van der Waals surface area contributed by atoms with Crippen molar-refractivity contribution in [1.29, 1.82) is 0 Å². The van der Waals surface area contributed by atoms with Gasteiger partial charge in [0.05, 0.1) is 13.5 Å². The van der Waals surface area contributed by atoms with Crippen molar-refractivity contribution < 1.29 is 65.0 Å². The molecule has 17 heteroatoms. The van der Waals surface area contributed by atoms with Crippen LogP contribution in [0.4, 0.5) is 26.3 Å². The van der Waals surface area contributed by atoms with E-state index in [1.54, 1.807) is 7.11 Å². The van der Waals surface area contributed by atoms with Crippen LogP contribution in [-0.2, 0) is 25.6 Å². The van der Waals surface area contributed by atoms with Crippen LogP contribution in [0.25, 0.3) is 10.9 Å². The van der Waals surface area contributed by atoms with Gasteiger partial charge in [-0.25, -0.2) is 9.36 Å². The number of carbonyl (C=O) groups is 4. The van der Waals surface area contributed by atoms with Crippen LogP contribution in [0.1, 0.15) is 62.9 Å². The topological polar surface area (TPSA) is 168 Å². The Kier molecular flexibility index (Phi) is 15.1. The molecule has 0 fully saturated rings. The summed E-state index contributed by atoms with van der Waals surface area (Å²) in [5.41, 5.74) is 2.98. The Balaban J connectivity index is 0.000000601. The molecule has 3 rings (SSSR count). The average molecular weight is 653 g/mol. The van der Waals surface area contributed by atoms with Crippen LogP contribution < -0.4 is 19.7 Å². The summed E-state index contributed by atoms with van der Waals surface area (Å²) < 4.78 is 70.6. The Morgan fingerprint density at radius 2 is 1.69 bits per heavy atom. The molecule has 0 radical (unpaired) electrons. The monoisotopic (exact) mass is 652 g/mol. The Bertz CT molecular complexity index is 1380. The van der Waals surface area contributed by atoms with Crippen molar-refractivity contribution in [2.45, 2.75) is 77.3 Å². The van der Waals surface area contributed by atoms with Gasteiger partial charge in [0, 0.05) is 35.9 Å². The lowest BCUT2D eigenvalue weighted by atomic mass is 10.1. The molecule has 250 valence electrons. The number of nitrogens with one attached hydrogen (secondary N) is 3. The number of amides is 1. The first-order valence-corrected chi connectivity index (χ1v) is 13.5. The van der Waals surface area contributed by atoms with Crippen molar-refractivity contribution in [3.63, 3.8) is 0 Å². The fourth-order valence-electron chi connectivity index (χ4n) is 3.92. The Hall–Kier alpha value is -4.57. The third kappa shape index (κ3) is 13.7. The molecule has 0 bridgehead atoms. The molecule has 0 spiro atoms. The molecule has 0 saturated carbocycles. The number of aliphatic carboxylic acids is 2. The Labute approximate surface area is 253 Å². The number of benzene rings is 1. The van der Waals surface area contributed by atoms with E-state index < -0.39 is 24.3 Å². The molecule has 11 nitrogen and oxygen atoms in total. The first kappa shape index (κ1) is 38.5. The summed E-state index contributed by atoms with van der Waals surface area (Å²) in [6.45, 7) is 3.90. The van der Waals surface area contributed by atoms with Gasteiger partial charge < -0.3 is 30.0 Å². The number of halogens is 6. The summed E-state index contributed by atoms with van der Waals surface area (Å²) in [6.07, 6.45) is 0.414. The molecule has 2 aromatic heterocycles. The van der Waals surface area contributed by atoms with Crippen molar-refractivity contribution in [1.82, 2.24) is 15.3 Å². The van der Waals surface area contributed by atoms with Gasteiger partial charge in [0.25, 0.3) is 0 Å². The number of ketones is 1. The number of nitrogens with zero attached hydrogens (tertiary/aromatic N) is 1. The zero-order valence-electron chi connectivity index (χ0n) is 24.6. The highest BCUT2D eigenvalue weighted by atomic mass is 19.4. The van der Waals surface area contributed by atoms with E-state index in [4.69, 9.17) is 24.5 Å². The van der Waals surface area contributed by atoms with Gasteiger partial charge in [-0.3, -0.25) is 14.6 Å². The quantitative estimate of drug-likeness (QED) is 0.131. The fourth-order valence-corrected chi connectivity index (χ4v) is 3.92. The molecule has 3 aromatic rings. The van der Waals surface area contributed by atoms with Gasteiger partial charge in [-0.2, -0.15) is 26.3 Å². The summed E-state index contributed by atoms with van der Waals surface area (Å²) in [5, 5.41) is 20.1. The van der Waals surface area contributed by atoms with Crippen LogP contribution in [0.15, 0.2) is 36.9 Å². The average Bonchev–Trinajstić information content (AvgIpc) is 3.59. The smallest absolute Gasteiger partial charge is 0.490 e. The maximum absolute atomic E-state index is 13.0. The van der Waals surface area contributed by atoms with Gasteiger partial charge in [-0.15, -0.1) is 0 Å². The van der Waals surface area contributed by atoms with E-state index in [-0.39, 0.29) is 12.1 Å². The first-order chi connectivity index (χ1) is 20.9. The number of fused-ring (bicyclic) bond motifs is 1. The SMILES string of the molecule is CCC(=O)CCCCC[C@@H](NC(=O)Cc1c(C)[nH]c2ccc(OC)cc12)[n+]1cc[nH]c1.O=C(O)C(F)(F)F.O=C([O-])C(F)(F)F. The summed E-state index contributed by atoms with van der Waals surface area (Å²) in [5.74, 6) is -4.70. The number of carbonyl (C=O) groups excluding carboxylic acids is 3. The molecule has 0 aliphatic rings. The number of hydrogen-bond acceptors (Lipinski definition) is 6. The second-order valence-electron chi connectivity index (χ2n) is 9.54. The number of unbranched alkanes of at least 4 members (excludes halogenated alkanes) is 2. The van der Waals surface area contributed by atoms with E-state index >= 15 is 0 Å². The number of carboxylic acid groups (broad SMARTS) is 2. The number of carboxylic acids is 2. The predicted octanol–water partition coefficient (Wildman–Crippen LogP) is 3.82. The number of Topliss-reactive ketones (excluding diaryl/α,β-unsaturated/α-hetero) is 1. The lowest BCUT2D eigenvalue weighted by molar-refractivity contribution is -0.726. The summed E-state index contributed by atoms with van der Waals surface area (Å²) in [7, 11) is 1.64. The van der Waals surface area contributed by atoms with Gasteiger partial charge in [-0.05, 0) is 43.5 Å². The van der Waals surface area contributed by atoms with Gasteiger partial charge in [0.1, 0.15) is 29.9 Å². The van der Waals surface area contributed by atoms with Crippen molar-refractivity contribution in [3.8, 4) is 5.75 Å². The standard InChI is InChI=1S/C24H32N4O3.2C2HF3O2/c1-4-18(29)8-6-5-7-9-23(28-13-12-25-16-28)27-24(30)15-20-17(2)26-22-11-10-19(31-3)14-21(20)22;2*3-2(4,5)1(6)7/h10-14,16,23,26H,4-9,15H2,1-3H3,(H,27,30);2*(H,6,7)/t23-;;/m0../s1. The third-order valence-corrected chi connectivity index (χ3v) is 6.22. The normalized spacial score (nSPS) is 11.8. The van der Waals surface area contributed by atoms with E-state index in [2.05, 4.69) is 15.3 Å². The highest BCUT2D eigenvalue weighted by Gasteiger charge is 2.38. The zero-order chi connectivity index (χ0) is 34.4. The molecule has 1 atom stereocenters. The second kappa shape index (κ2) is 17.7. The number of ether oxygens (including phenoxy) is 1. The maximum Gasteiger partial charge on any atom is 0.490 e. The third-order valence-electron chi connectivity index (χ3n) is 6.22. The van der Waals surface area contributed by atoms with Crippen molar-refractivity contribution in [2.75, 3.05) is 7.11 Å². The minimum atomic E-state index is -5.19. The van der Waals surface area contributed by atoms with Crippen LogP contribution >= 0.6 is 0 Å². The molecule has 0 aliphatic carbocycles. The van der Waals surface area contributed by atoms with Crippen LogP contribution in [-0.4, -0.2) is 58.2 Å². The molecule has 45 heavy (non-hydrogen) atoms. The molecule has 1 aromatic carbocycles. The number of aryl methyl sites for hydroxylation is 1. The number of imidazole rings is 1. The van der Waals surface area contributed by atoms with Gasteiger partial charge in [-0.1, -0.05) is 13.3 Å². The highest BCUT2D eigenvalue weighted by molar-refractivity contribution is 5.91. The molecule has 2 heterocycles. The number of rotatable bonds is 12. The van der Waals surface area contributed by atoms with Crippen molar-refractivity contribution in [2.24, 2.45) is 0 Å². The van der Waals surface area contributed by atoms with Gasteiger partial charge in [0.2, 0.25) is 12.2 Å². The van der Waals surface area contributed by atoms with Crippen molar-refractivity contribution >= 4 is 34.5 Å². The fraction of sp³-hybridized carbons (Fsp3) is 0.464. The minimum absolute atomic E-state index is 0.0216. The molecule has 4 N–H and O–H groups in total. The number of aromatic amines is 2. The summed E-state index contributed by atoms with van der Waals surface area (Å²) in [4.78, 5) is 48.5. The molecule has 0 aliphatic heterocycles. The molecule has 1 amide bonds. The highest BCUT2D eigenvalue weighted by Crippen LogP contribution is 2.27. The number of methoxy groups -OCH3 is 1. The zero-order valence-corrected chi connectivity index (χ0v) is 24.6. The van der Waals surface area contributed by atoms with Crippen LogP contribution in [0.3, 0.4) is 0 Å². The van der Waals surface area contributed by atoms with E-state index in [1.165, 1.54) is 0 Å². The summed E-state index contributed by atoms with van der Waals surface area (Å²) >= 11 is 0. The number of aromatic nitrogens is 3. The number of hydrogen-bond donors (Lipinski definition) is 4. The molecule has 0 unspecified atom stereocenters. The minimum Gasteiger partial charge on any atom is -0.542 e. The first-order valence-electron chi connectivity index (χ1n) is 13.5. The van der Waals surface area contributed by atoms with Crippen molar-refractivity contribution in [3.05, 3.63) is 48.2 Å². The molecular weight excluding hydrogens is 618 g/mol. The second-order valence-corrected chi connectivity index (χ2v) is 9.54. The lowest BCUT2D eigenvalue weighted by Crippen LogP contribution is -2.48. The van der Waals surface area contributed by atoms with E-state index in [9.17, 15) is 35.9 Å². The van der Waals surface area contributed by atoms with Crippen LogP contribution in [0.5, 0.6) is 5.75 Å². The summed E-state index contributed by atoms with van der Waals surface area (Å²) in [6, 6.07) is 5.86. The number of H-pyrrole nitrogens is 2. The van der Waals surface area contributed by atoms with Crippen LogP contribution in [0, 0.1) is 6.92 Å². The molecular formula is C28H34F6N4O7. The van der Waals surface area contributed by atoms with Crippen LogP contribution in [0.2, 0.25) is 0 Å². The van der Waals surface area contributed by atoms with Gasteiger partial charge >= 0.3 is 18.3 Å². The number of alkyl halides is 6. The van der Waals surface area contributed by atoms with Gasteiger partial charge in [0.15, 0.2) is 6.17 Å². The Morgan fingerprint density at radius 3 is 2.18 bits per heavy atom. The lowest BCUT2D eigenvalue weighted by Gasteiger charge is -2.16. The predicted molar refractivity (Wildman–Crippen MR) is 145 cm³/mol. The Morgan fingerprint density at radius 1 is 1.07 bits per heavy atom. The largest absolute Gasteiger partial charge is 0.542 e. The van der Waals surface area contributed by atoms with E-state index in [0.29, 0.717) is 25.0 Å². The van der Waals surface area contributed by atoms with E-state index in [1.807, 2.05) is 55.3 Å².